The number of carbonyl (C=O) groups excluding carboxylic acids is 3. The zero-order chi connectivity index (χ0) is 49.3. The number of carboxylic acids is 1. The standard InChI is InChI=1S/C47H61N13O9/c1-4-5-10-35-57-38-40(32-8-6-7-9-33(32)55-41(38)48)60(35)28-47(2,3)27-53-37(62)17-19-67-21-23-69-24-22-68-20-18-50-36(61)16-15-34(45(65)66)56-43(63)29-11-13-30(14-12-29)51-25-31-26-52-42-39(54-31)44(64)59-46(49)58-42/h6-9,11-14,26,34,51H,4-5,10,15-25,27-28H2,1-3H3,(H2,48,55)(H,50,61)(H,53,62)(H,56,63)(H,65,66)(H3,49,52,58,59,64)/t34-/m0/s1. The molecule has 3 amide bonds. The van der Waals surface area contributed by atoms with E-state index < -0.39 is 23.5 Å². The van der Waals surface area contributed by atoms with E-state index in [1.807, 2.05) is 24.3 Å². The van der Waals surface area contributed by atoms with Crippen LogP contribution in [0.2, 0.25) is 0 Å². The summed E-state index contributed by atoms with van der Waals surface area (Å²) in [5.74, 6) is -1.07. The molecule has 69 heavy (non-hydrogen) atoms. The van der Waals surface area contributed by atoms with E-state index in [0.717, 1.165) is 41.5 Å². The molecular weight excluding hydrogens is 891 g/mol. The number of anilines is 3. The quantitative estimate of drug-likeness (QED) is 0.0328. The summed E-state index contributed by atoms with van der Waals surface area (Å²) in [6.45, 7) is 9.56. The number of aromatic nitrogens is 7. The van der Waals surface area contributed by atoms with Gasteiger partial charge in [-0.05, 0) is 43.2 Å². The average molecular weight is 952 g/mol. The van der Waals surface area contributed by atoms with Crippen LogP contribution in [0.15, 0.2) is 59.5 Å². The molecule has 0 spiro atoms. The number of ether oxygens (including phenoxy) is 3. The lowest BCUT2D eigenvalue weighted by molar-refractivity contribution is -0.139. The van der Waals surface area contributed by atoms with Gasteiger partial charge in [0.05, 0.1) is 69.1 Å². The summed E-state index contributed by atoms with van der Waals surface area (Å²) in [6, 6.07) is 12.9. The predicted octanol–water partition coefficient (Wildman–Crippen LogP) is 3.09. The molecule has 6 aromatic rings. The van der Waals surface area contributed by atoms with Crippen LogP contribution in [-0.4, -0.2) is 122 Å². The second kappa shape index (κ2) is 24.6. The Labute approximate surface area is 397 Å². The second-order valence-electron chi connectivity index (χ2n) is 17.1. The number of pyridine rings is 1. The van der Waals surface area contributed by atoms with Gasteiger partial charge in [-0.1, -0.05) is 45.4 Å². The molecule has 0 aliphatic rings. The molecule has 6 rings (SSSR count). The van der Waals surface area contributed by atoms with Crippen molar-refractivity contribution in [1.82, 2.24) is 50.4 Å². The third-order valence-electron chi connectivity index (χ3n) is 10.9. The fourth-order valence-electron chi connectivity index (χ4n) is 7.33. The highest BCUT2D eigenvalue weighted by Crippen LogP contribution is 2.32. The van der Waals surface area contributed by atoms with Gasteiger partial charge in [-0.25, -0.2) is 24.7 Å². The number of H-pyrrole nitrogens is 1. The highest BCUT2D eigenvalue weighted by Gasteiger charge is 2.26. The minimum absolute atomic E-state index is 0.0496. The van der Waals surface area contributed by atoms with Gasteiger partial charge in [-0.15, -0.1) is 0 Å². The number of amides is 3. The SMILES string of the molecule is CCCCc1nc2c(N)nc3ccccc3c2n1CC(C)(C)CNC(=O)CCOCCOCCOCCNC(=O)CC[C@H](NC(=O)c1ccc(NCc2cnc3nc(N)[nH]c(=O)c3n2)cc1)C(=O)O. The Morgan fingerprint density at radius 1 is 0.855 bits per heavy atom. The summed E-state index contributed by atoms with van der Waals surface area (Å²) in [5, 5.41) is 22.0. The van der Waals surface area contributed by atoms with Gasteiger partial charge in [0.2, 0.25) is 17.8 Å². The first-order valence-electron chi connectivity index (χ1n) is 22.9. The summed E-state index contributed by atoms with van der Waals surface area (Å²) in [4.78, 5) is 86.2. The van der Waals surface area contributed by atoms with E-state index in [0.29, 0.717) is 55.6 Å². The van der Waals surface area contributed by atoms with Crippen LogP contribution in [0.25, 0.3) is 33.1 Å². The molecule has 22 heteroatoms. The molecule has 0 radical (unpaired) electrons. The topological polar surface area (TPSA) is 319 Å². The Hall–Kier alpha value is -7.30. The Balaban J connectivity index is 0.787. The normalized spacial score (nSPS) is 12.0. The number of nitrogens with one attached hydrogen (secondary N) is 5. The maximum atomic E-state index is 12.8. The van der Waals surface area contributed by atoms with Crippen molar-refractivity contribution in [2.24, 2.45) is 5.41 Å². The van der Waals surface area contributed by atoms with E-state index >= 15 is 0 Å². The van der Waals surface area contributed by atoms with Crippen LogP contribution >= 0.6 is 0 Å². The molecule has 1 atom stereocenters. The fourth-order valence-corrected chi connectivity index (χ4v) is 7.33. The monoisotopic (exact) mass is 951 g/mol. The molecule has 368 valence electrons. The number of rotatable bonds is 28. The number of nitrogens with two attached hydrogens (primary N) is 2. The van der Waals surface area contributed by atoms with Crippen molar-refractivity contribution >= 4 is 74.2 Å². The average Bonchev–Trinajstić information content (AvgIpc) is 3.68. The van der Waals surface area contributed by atoms with Crippen LogP contribution in [0, 0.1) is 5.41 Å². The van der Waals surface area contributed by atoms with E-state index in [1.54, 1.807) is 12.1 Å². The first kappa shape index (κ1) is 51.1. The lowest BCUT2D eigenvalue weighted by Gasteiger charge is -2.27. The van der Waals surface area contributed by atoms with Gasteiger partial charge >= 0.3 is 5.97 Å². The van der Waals surface area contributed by atoms with Crippen molar-refractivity contribution in [3.63, 3.8) is 0 Å². The van der Waals surface area contributed by atoms with Crippen LogP contribution in [0.5, 0.6) is 0 Å². The lowest BCUT2D eigenvalue weighted by Crippen LogP contribution is -2.41. The van der Waals surface area contributed by atoms with Crippen LogP contribution in [0.3, 0.4) is 0 Å². The van der Waals surface area contributed by atoms with E-state index in [2.05, 4.69) is 71.5 Å². The number of para-hydroxylation sites is 1. The number of aryl methyl sites for hydroxylation is 1. The molecule has 22 nitrogen and oxygen atoms in total. The molecule has 10 N–H and O–H groups in total. The van der Waals surface area contributed by atoms with Crippen molar-refractivity contribution in [1.29, 1.82) is 0 Å². The maximum Gasteiger partial charge on any atom is 0.326 e. The third kappa shape index (κ3) is 14.8. The number of carbonyl (C=O) groups is 4. The van der Waals surface area contributed by atoms with Crippen molar-refractivity contribution in [2.45, 2.75) is 78.4 Å². The van der Waals surface area contributed by atoms with Crippen LogP contribution in [-0.2, 0) is 48.1 Å². The van der Waals surface area contributed by atoms with E-state index in [-0.39, 0.29) is 92.1 Å². The number of aromatic amines is 1. The summed E-state index contributed by atoms with van der Waals surface area (Å²) >= 11 is 0. The number of hydrogen-bond donors (Lipinski definition) is 8. The number of imidazole rings is 1. The Morgan fingerprint density at radius 3 is 2.30 bits per heavy atom. The van der Waals surface area contributed by atoms with Gasteiger partial charge in [0.1, 0.15) is 17.4 Å². The minimum atomic E-state index is -1.29. The molecule has 0 fully saturated rings. The first-order chi connectivity index (χ1) is 33.2. The molecule has 0 aliphatic carbocycles. The van der Waals surface area contributed by atoms with E-state index in [1.165, 1.54) is 18.3 Å². The number of unbranched alkanes of at least 4 members (excludes halogenated alkanes) is 1. The maximum absolute atomic E-state index is 12.8. The summed E-state index contributed by atoms with van der Waals surface area (Å²) in [5.41, 5.74) is 15.1. The predicted molar refractivity (Wildman–Crippen MR) is 259 cm³/mol. The first-order valence-corrected chi connectivity index (χ1v) is 22.9. The summed E-state index contributed by atoms with van der Waals surface area (Å²) in [6.07, 6.45) is 4.26. The largest absolute Gasteiger partial charge is 0.480 e. The molecule has 0 aliphatic heterocycles. The molecule has 4 heterocycles. The van der Waals surface area contributed by atoms with Crippen molar-refractivity contribution < 1.29 is 38.5 Å². The zero-order valence-corrected chi connectivity index (χ0v) is 39.1. The van der Waals surface area contributed by atoms with Crippen molar-refractivity contribution in [3.8, 4) is 0 Å². The summed E-state index contributed by atoms with van der Waals surface area (Å²) in [7, 11) is 0. The number of benzene rings is 2. The van der Waals surface area contributed by atoms with Gasteiger partial charge in [0, 0.05) is 60.9 Å². The van der Waals surface area contributed by atoms with E-state index in [9.17, 15) is 29.1 Å². The minimum Gasteiger partial charge on any atom is -0.480 e. The molecule has 2 aromatic carbocycles. The van der Waals surface area contributed by atoms with Crippen molar-refractivity contribution in [2.75, 3.05) is 69.5 Å². The molecular formula is C47H61N13O9. The lowest BCUT2D eigenvalue weighted by atomic mass is 9.93. The highest BCUT2D eigenvalue weighted by molar-refractivity contribution is 6.06. The Kier molecular flexibility index (Phi) is 18.2. The number of carboxylic acid groups (broad SMARTS) is 1. The van der Waals surface area contributed by atoms with Gasteiger partial charge in [0.15, 0.2) is 17.0 Å². The molecule has 0 saturated carbocycles. The van der Waals surface area contributed by atoms with E-state index in [4.69, 9.17) is 30.7 Å². The number of aliphatic carboxylic acids is 1. The second-order valence-corrected chi connectivity index (χ2v) is 17.1. The fraction of sp³-hybridized carbons (Fsp3) is 0.447. The number of fused-ring (bicyclic) bond motifs is 4. The van der Waals surface area contributed by atoms with Crippen LogP contribution in [0.1, 0.15) is 74.8 Å². The van der Waals surface area contributed by atoms with Gasteiger partial charge in [-0.2, -0.15) is 4.98 Å². The highest BCUT2D eigenvalue weighted by atomic mass is 16.5. The van der Waals surface area contributed by atoms with Crippen LogP contribution < -0.4 is 38.3 Å². The molecule has 4 aromatic heterocycles. The summed E-state index contributed by atoms with van der Waals surface area (Å²) < 4.78 is 18.9. The smallest absolute Gasteiger partial charge is 0.326 e. The third-order valence-corrected chi connectivity index (χ3v) is 10.9. The number of hydrogen-bond acceptors (Lipinski definition) is 16. The Bertz CT molecular complexity index is 2780. The zero-order valence-electron chi connectivity index (χ0n) is 39.1. The van der Waals surface area contributed by atoms with Gasteiger partial charge < -0.3 is 56.6 Å². The van der Waals surface area contributed by atoms with Gasteiger partial charge in [-0.3, -0.25) is 24.2 Å². The molecule has 0 bridgehead atoms. The van der Waals surface area contributed by atoms with Gasteiger partial charge in [0.25, 0.3) is 11.5 Å². The molecule has 0 saturated heterocycles. The molecule has 0 unspecified atom stereocenters. The Morgan fingerprint density at radius 2 is 1.57 bits per heavy atom. The van der Waals surface area contributed by atoms with Crippen molar-refractivity contribution in [3.05, 3.63) is 82.2 Å². The number of nitrogens with zero attached hydrogens (tertiary/aromatic N) is 6. The van der Waals surface area contributed by atoms with Crippen LogP contribution in [0.4, 0.5) is 17.5 Å². The number of nitrogen functional groups attached to an aromatic ring is 2.